The van der Waals surface area contributed by atoms with Crippen LogP contribution in [0.25, 0.3) is 0 Å². The number of rotatable bonds is 14. The van der Waals surface area contributed by atoms with Gasteiger partial charge in [-0.1, -0.05) is 78.0 Å². The quantitative estimate of drug-likeness (QED) is 0.236. The fraction of sp³-hybridized carbons (Fsp3) is 1.00. The molecule has 0 aliphatic rings. The van der Waals surface area contributed by atoms with Gasteiger partial charge in [0.25, 0.3) is 0 Å². The van der Waals surface area contributed by atoms with E-state index in [-0.39, 0.29) is 21.1 Å². The van der Waals surface area contributed by atoms with Crippen LogP contribution >= 0.6 is 17.1 Å². The van der Waals surface area contributed by atoms with E-state index in [2.05, 4.69) is 40.2 Å². The first-order valence-electron chi connectivity index (χ1n) is 8.75. The van der Waals surface area contributed by atoms with Crippen LogP contribution in [-0.2, 0) is 49.9 Å². The van der Waals surface area contributed by atoms with Crippen LogP contribution in [0, 0.1) is 11.8 Å². The van der Waals surface area contributed by atoms with Gasteiger partial charge in [-0.3, -0.25) is 0 Å². The normalized spacial score (nSPS) is 15.4. The van der Waals surface area contributed by atoms with Crippen LogP contribution in [0.2, 0.25) is 0 Å². The second-order valence-corrected chi connectivity index (χ2v) is 12.0. The Morgan fingerprint density at radius 2 is 1.46 bits per heavy atom. The van der Waals surface area contributed by atoms with Crippen LogP contribution in [-0.4, -0.2) is 16.6 Å². The predicted octanol–water partition coefficient (Wildman–Crippen LogP) is 5.42. The third-order valence-electron chi connectivity index (χ3n) is 4.02. The molecule has 3 unspecified atom stereocenters. The van der Waals surface area contributed by atoms with Crippen LogP contribution in [0.4, 0.5) is 0 Å². The number of hydrogen-bond acceptors (Lipinski definition) is 6. The molecule has 145 valence electrons. The molecule has 3 atom stereocenters. The largest absolute Gasteiger partial charge is 1.00 e. The minimum Gasteiger partial charge on any atom is -0.793 e. The molecule has 0 saturated carbocycles. The van der Waals surface area contributed by atoms with Gasteiger partial charge in [-0.2, -0.15) is 4.21 Å². The fourth-order valence-corrected chi connectivity index (χ4v) is 5.81. The fourth-order valence-electron chi connectivity index (χ4n) is 2.23. The molecule has 8 heteroatoms. The van der Waals surface area contributed by atoms with Crippen molar-refractivity contribution < 1.29 is 34.7 Å². The van der Waals surface area contributed by atoms with Crippen molar-refractivity contribution in [2.24, 2.45) is 11.8 Å². The summed E-state index contributed by atoms with van der Waals surface area (Å²) >= 11 is 9.42. The molecule has 1 radical (unpaired) electrons. The molecule has 0 saturated heterocycles. The average Bonchev–Trinajstić information content (AvgIpc) is 2.57. The Hall–Kier alpha value is 1.63. The molecule has 0 rings (SSSR count). The second kappa shape index (κ2) is 20.9. The van der Waals surface area contributed by atoms with Crippen molar-refractivity contribution in [3.05, 3.63) is 0 Å². The van der Waals surface area contributed by atoms with Crippen LogP contribution in [0.3, 0.4) is 0 Å². The zero-order chi connectivity index (χ0) is 18.1. The summed E-state index contributed by atoms with van der Waals surface area (Å²) < 4.78 is 13.4. The monoisotopic (exact) mass is 499 g/mol. The average molecular weight is 498 g/mol. The van der Waals surface area contributed by atoms with E-state index >= 15 is 0 Å². The van der Waals surface area contributed by atoms with Crippen LogP contribution < -0.4 is 4.89 Å². The zero-order valence-corrected chi connectivity index (χ0v) is 20.9. The summed E-state index contributed by atoms with van der Waals surface area (Å²) in [5, 5.41) is 0. The molecule has 0 amide bonds. The van der Waals surface area contributed by atoms with Crippen molar-refractivity contribution in [2.75, 3.05) is 12.4 Å². The van der Waals surface area contributed by atoms with Gasteiger partial charge in [0.1, 0.15) is 0 Å². The Morgan fingerprint density at radius 1 is 1.00 bits per heavy atom. The minimum atomic E-state index is -2.89. The van der Waals surface area contributed by atoms with Gasteiger partial charge in [0.2, 0.25) is 0 Å². The minimum absolute atomic E-state index is 0. The van der Waals surface area contributed by atoms with E-state index in [0.29, 0.717) is 18.4 Å². The number of hydrogen-bond donors (Lipinski definition) is 0. The summed E-state index contributed by atoms with van der Waals surface area (Å²) in [6.45, 7) is 9.34. The number of unbranched alkanes of at least 4 members (excludes halogenated alkanes) is 2. The van der Waals surface area contributed by atoms with Gasteiger partial charge in [0.05, 0.1) is 6.61 Å². The van der Waals surface area contributed by atoms with Crippen molar-refractivity contribution >= 4 is 41.4 Å². The van der Waals surface area contributed by atoms with Gasteiger partial charge >= 0.3 is 21.1 Å². The van der Waals surface area contributed by atoms with Crippen LogP contribution in [0.1, 0.15) is 79.1 Å². The molecule has 24 heavy (non-hydrogen) atoms. The summed E-state index contributed by atoms with van der Waals surface area (Å²) in [6.07, 6.45) is 9.46. The maximum atomic E-state index is 12.4. The third kappa shape index (κ3) is 18.4. The van der Waals surface area contributed by atoms with Crippen LogP contribution in [0.15, 0.2) is 0 Å². The molecule has 0 fully saturated rings. The summed E-state index contributed by atoms with van der Waals surface area (Å²) in [7, 11) is 0. The first-order chi connectivity index (χ1) is 11.0. The van der Waals surface area contributed by atoms with Gasteiger partial charge in [-0.25, -0.2) is 0 Å². The molecular formula is C16H34MoO3PS3. The zero-order valence-electron chi connectivity index (χ0n) is 15.5. The molecule has 0 spiro atoms. The first kappa shape index (κ1) is 30.4. The Kier molecular flexibility index (Phi) is 26.5. The topological polar surface area (TPSA) is 49.4 Å². The second-order valence-electron chi connectivity index (χ2n) is 5.87. The van der Waals surface area contributed by atoms with E-state index in [0.717, 1.165) is 25.0 Å². The SMILES string of the molecule is CCCCC(CC)COP([O-])(=S)SCC(CC)CCCC.O=S.[Mo+]. The Balaban J connectivity index is -0.00000141. The molecule has 0 aromatic rings. The van der Waals surface area contributed by atoms with E-state index in [4.69, 9.17) is 20.5 Å². The standard InChI is InChI=1S/C16H35O2PS2.Mo.OS/c1-5-9-11-15(7-3)13-18-19(17,20)21-14-16(8-4)12-10-6-2;;1-2/h15-16H,5-14H2,1-4H3,(H,17,20);;/q;+1;/p-1. The molecule has 0 aromatic heterocycles. The molecule has 0 N–H and O–H groups in total. The first-order valence-corrected chi connectivity index (χ1v) is 13.3. The third-order valence-corrected chi connectivity index (χ3v) is 8.40. The Bertz CT molecular complexity index is 288. The van der Waals surface area contributed by atoms with Gasteiger partial charge in [-0.05, 0) is 24.7 Å². The molecular weight excluding hydrogens is 463 g/mol. The smallest absolute Gasteiger partial charge is 0.793 e. The molecule has 0 aromatic carbocycles. The molecule has 0 aliphatic heterocycles. The van der Waals surface area contributed by atoms with Crippen molar-refractivity contribution in [1.82, 2.24) is 0 Å². The summed E-state index contributed by atoms with van der Waals surface area (Å²) in [4.78, 5) is 12.4. The molecule has 0 bridgehead atoms. The van der Waals surface area contributed by atoms with Crippen molar-refractivity contribution in [2.45, 2.75) is 79.1 Å². The van der Waals surface area contributed by atoms with Gasteiger partial charge in [-0.15, -0.1) is 11.4 Å². The molecule has 3 nitrogen and oxygen atoms in total. The van der Waals surface area contributed by atoms with Crippen molar-refractivity contribution in [1.29, 1.82) is 0 Å². The van der Waals surface area contributed by atoms with Crippen molar-refractivity contribution in [3.8, 4) is 0 Å². The van der Waals surface area contributed by atoms with Gasteiger partial charge in [0.15, 0.2) is 12.5 Å². The predicted molar refractivity (Wildman–Crippen MR) is 107 cm³/mol. The Labute approximate surface area is 178 Å². The van der Waals surface area contributed by atoms with Gasteiger partial charge in [0, 0.05) is 11.4 Å². The van der Waals surface area contributed by atoms with E-state index in [1.807, 2.05) is 0 Å². The van der Waals surface area contributed by atoms with Crippen LogP contribution in [0.5, 0.6) is 0 Å². The van der Waals surface area contributed by atoms with Crippen molar-refractivity contribution in [3.63, 3.8) is 0 Å². The Morgan fingerprint density at radius 3 is 1.88 bits per heavy atom. The summed E-state index contributed by atoms with van der Waals surface area (Å²) in [6, 6.07) is 0. The molecule has 0 aliphatic carbocycles. The summed E-state index contributed by atoms with van der Waals surface area (Å²) in [5.74, 6) is 2.00. The van der Waals surface area contributed by atoms with Gasteiger partial charge < -0.3 is 9.42 Å². The van der Waals surface area contributed by atoms with E-state index in [9.17, 15) is 4.89 Å². The van der Waals surface area contributed by atoms with E-state index in [1.165, 1.54) is 43.5 Å². The van der Waals surface area contributed by atoms with E-state index < -0.39 is 5.69 Å². The van der Waals surface area contributed by atoms with E-state index in [1.54, 1.807) is 0 Å². The molecule has 0 heterocycles. The maximum absolute atomic E-state index is 12.4. The maximum Gasteiger partial charge on any atom is 1.00 e. The summed E-state index contributed by atoms with van der Waals surface area (Å²) in [5.41, 5.74) is -2.89.